The van der Waals surface area contributed by atoms with Gasteiger partial charge in [-0.1, -0.05) is 12.1 Å². The van der Waals surface area contributed by atoms with E-state index in [0.717, 1.165) is 11.3 Å². The third-order valence-corrected chi connectivity index (χ3v) is 3.94. The van der Waals surface area contributed by atoms with Crippen molar-refractivity contribution in [3.8, 4) is 5.75 Å². The number of nitrogens with zero attached hydrogens (tertiary/aromatic N) is 2. The molecule has 0 saturated carbocycles. The number of carbonyl (C=O) groups excluding carboxylic acids is 1. The summed E-state index contributed by atoms with van der Waals surface area (Å²) in [6.45, 7) is 2.28. The maximum atomic E-state index is 12.9. The van der Waals surface area contributed by atoms with Gasteiger partial charge in [0.1, 0.15) is 11.6 Å². The lowest BCUT2D eigenvalue weighted by Crippen LogP contribution is -2.15. The molecule has 0 aliphatic carbocycles. The Hall–Kier alpha value is -3.48. The zero-order valence-corrected chi connectivity index (χ0v) is 15.0. The number of aromatic nitrogens is 2. The van der Waals surface area contributed by atoms with Crippen molar-refractivity contribution in [1.29, 1.82) is 0 Å². The van der Waals surface area contributed by atoms with Crippen molar-refractivity contribution in [1.82, 2.24) is 9.97 Å². The summed E-state index contributed by atoms with van der Waals surface area (Å²) in [4.78, 5) is 20.9. The third kappa shape index (κ3) is 4.78. The molecular weight excluding hydrogens is 347 g/mol. The summed E-state index contributed by atoms with van der Waals surface area (Å²) in [7, 11) is 1.62. The first kappa shape index (κ1) is 18.3. The monoisotopic (exact) mass is 366 g/mol. The number of rotatable bonds is 6. The van der Waals surface area contributed by atoms with Crippen molar-refractivity contribution in [3.05, 3.63) is 77.4 Å². The van der Waals surface area contributed by atoms with Crippen LogP contribution in [0.3, 0.4) is 0 Å². The van der Waals surface area contributed by atoms with Crippen LogP contribution < -0.4 is 15.4 Å². The molecule has 0 fully saturated rings. The van der Waals surface area contributed by atoms with Gasteiger partial charge in [0.25, 0.3) is 5.91 Å². The van der Waals surface area contributed by atoms with Crippen LogP contribution in [0.15, 0.2) is 54.7 Å². The van der Waals surface area contributed by atoms with E-state index >= 15 is 0 Å². The first-order chi connectivity index (χ1) is 13.0. The van der Waals surface area contributed by atoms with Gasteiger partial charge in [0.05, 0.1) is 18.4 Å². The summed E-state index contributed by atoms with van der Waals surface area (Å²) < 4.78 is 18.1. The van der Waals surface area contributed by atoms with Crippen LogP contribution in [-0.4, -0.2) is 23.0 Å². The van der Waals surface area contributed by atoms with Gasteiger partial charge in [0, 0.05) is 18.4 Å². The third-order valence-electron chi connectivity index (χ3n) is 3.94. The Bertz CT molecular complexity index is 928. The molecule has 6 nitrogen and oxygen atoms in total. The average molecular weight is 366 g/mol. The number of amides is 1. The second-order valence-corrected chi connectivity index (χ2v) is 5.86. The lowest BCUT2D eigenvalue weighted by molar-refractivity contribution is 0.102. The molecule has 2 N–H and O–H groups in total. The predicted molar refractivity (Wildman–Crippen MR) is 101 cm³/mol. The first-order valence-corrected chi connectivity index (χ1v) is 8.32. The average Bonchev–Trinajstić information content (AvgIpc) is 2.68. The SMILES string of the molecule is COc1ccc(CNc2ncc(C(=O)Nc3ccc(F)cc3)c(C)n2)cc1. The van der Waals surface area contributed by atoms with Crippen molar-refractivity contribution in [2.24, 2.45) is 0 Å². The number of halogens is 1. The topological polar surface area (TPSA) is 76.1 Å². The molecule has 3 aromatic rings. The molecule has 1 amide bonds. The second kappa shape index (κ2) is 8.27. The zero-order valence-electron chi connectivity index (χ0n) is 15.0. The van der Waals surface area contributed by atoms with E-state index in [9.17, 15) is 9.18 Å². The fraction of sp³-hybridized carbons (Fsp3) is 0.150. The maximum absolute atomic E-state index is 12.9. The minimum absolute atomic E-state index is 0.346. The highest BCUT2D eigenvalue weighted by atomic mass is 19.1. The van der Waals surface area contributed by atoms with Crippen LogP contribution in [0.5, 0.6) is 5.75 Å². The molecular formula is C20H19FN4O2. The van der Waals surface area contributed by atoms with Crippen molar-refractivity contribution in [2.45, 2.75) is 13.5 Å². The van der Waals surface area contributed by atoms with Gasteiger partial charge in [-0.3, -0.25) is 4.79 Å². The van der Waals surface area contributed by atoms with E-state index in [1.54, 1.807) is 14.0 Å². The fourth-order valence-electron chi connectivity index (χ4n) is 2.43. The van der Waals surface area contributed by atoms with Gasteiger partial charge in [0.15, 0.2) is 0 Å². The van der Waals surface area contributed by atoms with Crippen molar-refractivity contribution in [2.75, 3.05) is 17.7 Å². The van der Waals surface area contributed by atoms with Crippen molar-refractivity contribution < 1.29 is 13.9 Å². The number of ether oxygens (including phenoxy) is 1. The molecule has 1 heterocycles. The van der Waals surface area contributed by atoms with Gasteiger partial charge >= 0.3 is 0 Å². The Labute approximate surface area is 156 Å². The molecule has 0 bridgehead atoms. The van der Waals surface area contributed by atoms with E-state index in [2.05, 4.69) is 20.6 Å². The quantitative estimate of drug-likeness (QED) is 0.694. The van der Waals surface area contributed by atoms with Gasteiger partial charge in [-0.2, -0.15) is 0 Å². The molecule has 0 aliphatic heterocycles. The number of hydrogen-bond acceptors (Lipinski definition) is 5. The van der Waals surface area contributed by atoms with Crippen LogP contribution in [0.1, 0.15) is 21.6 Å². The summed E-state index contributed by atoms with van der Waals surface area (Å²) in [6.07, 6.45) is 1.47. The van der Waals surface area contributed by atoms with Crippen LogP contribution >= 0.6 is 0 Å². The van der Waals surface area contributed by atoms with E-state index in [-0.39, 0.29) is 11.7 Å². The van der Waals surface area contributed by atoms with Crippen LogP contribution in [0.4, 0.5) is 16.0 Å². The molecule has 27 heavy (non-hydrogen) atoms. The Morgan fingerprint density at radius 1 is 1.11 bits per heavy atom. The number of benzene rings is 2. The minimum Gasteiger partial charge on any atom is -0.497 e. The number of anilines is 2. The smallest absolute Gasteiger partial charge is 0.259 e. The maximum Gasteiger partial charge on any atom is 0.259 e. The summed E-state index contributed by atoms with van der Waals surface area (Å²) >= 11 is 0. The lowest BCUT2D eigenvalue weighted by atomic mass is 10.2. The molecule has 2 aromatic carbocycles. The standard InChI is InChI=1S/C20H19FN4O2/c1-13-18(19(26)25-16-7-5-15(21)6-8-16)12-23-20(24-13)22-11-14-3-9-17(27-2)10-4-14/h3-10,12H,11H2,1-2H3,(H,25,26)(H,22,23,24). The Kier molecular flexibility index (Phi) is 5.61. The number of methoxy groups -OCH3 is 1. The predicted octanol–water partition coefficient (Wildman–Crippen LogP) is 3.80. The number of hydrogen-bond donors (Lipinski definition) is 2. The van der Waals surface area contributed by atoms with Crippen LogP contribution in [-0.2, 0) is 6.54 Å². The van der Waals surface area contributed by atoms with Gasteiger partial charge in [-0.05, 0) is 48.9 Å². The van der Waals surface area contributed by atoms with Gasteiger partial charge in [-0.15, -0.1) is 0 Å². The second-order valence-electron chi connectivity index (χ2n) is 5.86. The van der Waals surface area contributed by atoms with Gasteiger partial charge < -0.3 is 15.4 Å². The summed E-state index contributed by atoms with van der Waals surface area (Å²) in [5, 5.41) is 5.82. The van der Waals surface area contributed by atoms with E-state index in [1.807, 2.05) is 24.3 Å². The first-order valence-electron chi connectivity index (χ1n) is 8.32. The van der Waals surface area contributed by atoms with Crippen LogP contribution in [0, 0.1) is 12.7 Å². The molecule has 138 valence electrons. The summed E-state index contributed by atoms with van der Waals surface area (Å²) in [6, 6.07) is 13.2. The number of carbonyl (C=O) groups is 1. The van der Waals surface area contributed by atoms with E-state index in [4.69, 9.17) is 4.74 Å². The highest BCUT2D eigenvalue weighted by Crippen LogP contribution is 2.15. The molecule has 0 radical (unpaired) electrons. The lowest BCUT2D eigenvalue weighted by Gasteiger charge is -2.10. The highest BCUT2D eigenvalue weighted by molar-refractivity contribution is 6.04. The Morgan fingerprint density at radius 2 is 1.81 bits per heavy atom. The van der Waals surface area contributed by atoms with E-state index in [0.29, 0.717) is 29.4 Å². The number of aryl methyl sites for hydroxylation is 1. The van der Waals surface area contributed by atoms with Gasteiger partial charge in [0.2, 0.25) is 5.95 Å². The highest BCUT2D eigenvalue weighted by Gasteiger charge is 2.12. The molecule has 7 heteroatoms. The molecule has 0 aliphatic rings. The molecule has 0 atom stereocenters. The van der Waals surface area contributed by atoms with Crippen LogP contribution in [0.2, 0.25) is 0 Å². The van der Waals surface area contributed by atoms with Crippen molar-refractivity contribution >= 4 is 17.5 Å². The van der Waals surface area contributed by atoms with E-state index in [1.165, 1.54) is 30.5 Å². The molecule has 1 aromatic heterocycles. The Balaban J connectivity index is 1.63. The van der Waals surface area contributed by atoms with Gasteiger partial charge in [-0.25, -0.2) is 14.4 Å². The fourth-order valence-corrected chi connectivity index (χ4v) is 2.43. The largest absolute Gasteiger partial charge is 0.497 e. The van der Waals surface area contributed by atoms with E-state index < -0.39 is 0 Å². The minimum atomic E-state index is -0.361. The summed E-state index contributed by atoms with van der Waals surface area (Å²) in [5.74, 6) is 0.518. The van der Waals surface area contributed by atoms with Crippen LogP contribution in [0.25, 0.3) is 0 Å². The van der Waals surface area contributed by atoms with Crippen molar-refractivity contribution in [3.63, 3.8) is 0 Å². The Morgan fingerprint density at radius 3 is 2.44 bits per heavy atom. The summed E-state index contributed by atoms with van der Waals surface area (Å²) in [5.41, 5.74) is 2.45. The molecule has 0 saturated heterocycles. The molecule has 3 rings (SSSR count). The molecule has 0 spiro atoms. The number of nitrogens with one attached hydrogen (secondary N) is 2. The molecule has 0 unspecified atom stereocenters. The zero-order chi connectivity index (χ0) is 19.2. The normalized spacial score (nSPS) is 10.3.